The Hall–Kier alpha value is -1.78. The summed E-state index contributed by atoms with van der Waals surface area (Å²) in [5, 5.41) is 3.57. The van der Waals surface area contributed by atoms with E-state index in [9.17, 15) is 0 Å². The van der Waals surface area contributed by atoms with Crippen molar-refractivity contribution in [3.05, 3.63) is 17.6 Å². The zero-order valence-corrected chi connectivity index (χ0v) is 15.6. The number of rotatable bonds is 7. The number of hydrogen-bond acceptors (Lipinski definition) is 6. The maximum atomic E-state index is 8.88. The Morgan fingerprint density at radius 1 is 1.35 bits per heavy atom. The van der Waals surface area contributed by atoms with Gasteiger partial charge >= 0.3 is 0 Å². The first-order chi connectivity index (χ1) is 10.9. The molecule has 1 heterocycles. The normalized spacial score (nSPS) is 12.5. The third kappa shape index (κ3) is 7.86. The smallest absolute Gasteiger partial charge is 0.234 e. The van der Waals surface area contributed by atoms with Gasteiger partial charge in [-0.2, -0.15) is 0 Å². The first-order valence-electron chi connectivity index (χ1n) is 8.17. The van der Waals surface area contributed by atoms with Crippen molar-refractivity contribution in [2.45, 2.75) is 60.0 Å². The minimum atomic E-state index is 0.423. The lowest BCUT2D eigenvalue weighted by Crippen LogP contribution is -2.43. The second-order valence-electron chi connectivity index (χ2n) is 5.59. The summed E-state index contributed by atoms with van der Waals surface area (Å²) in [4.78, 5) is 23.0. The molecule has 6 nitrogen and oxygen atoms in total. The predicted molar refractivity (Wildman–Crippen MR) is 95.8 cm³/mol. The van der Waals surface area contributed by atoms with E-state index < -0.39 is 0 Å². The lowest BCUT2D eigenvalue weighted by Gasteiger charge is -2.31. The molecule has 0 radical (unpaired) electrons. The molecule has 1 aromatic heterocycles. The van der Waals surface area contributed by atoms with Gasteiger partial charge in [-0.25, -0.2) is 19.8 Å². The highest BCUT2D eigenvalue weighted by molar-refractivity contribution is 5.46. The number of isocyanates is 1. The maximum absolute atomic E-state index is 8.88. The zero-order chi connectivity index (χ0) is 17.8. The van der Waals surface area contributed by atoms with Crippen LogP contribution in [0.5, 0.6) is 0 Å². The molecule has 0 aromatic carbocycles. The molecule has 0 spiro atoms. The van der Waals surface area contributed by atoms with Crippen molar-refractivity contribution >= 4 is 11.9 Å². The zero-order valence-electron chi connectivity index (χ0n) is 15.6. The number of aryl methyl sites for hydroxylation is 2. The van der Waals surface area contributed by atoms with E-state index in [0.717, 1.165) is 36.7 Å². The molecule has 0 saturated heterocycles. The van der Waals surface area contributed by atoms with E-state index in [1.165, 1.54) is 13.1 Å². The average molecular weight is 321 g/mol. The van der Waals surface area contributed by atoms with Crippen LogP contribution in [0.1, 0.15) is 45.5 Å². The van der Waals surface area contributed by atoms with Gasteiger partial charge in [0.2, 0.25) is 6.08 Å². The third-order valence-corrected chi connectivity index (χ3v) is 3.68. The number of hydrogen-bond donors (Lipinski definition) is 1. The summed E-state index contributed by atoms with van der Waals surface area (Å²) in [7, 11) is 1.38. The van der Waals surface area contributed by atoms with Crippen molar-refractivity contribution in [1.29, 1.82) is 0 Å². The molecular formula is C17H31N5O. The van der Waals surface area contributed by atoms with Crippen LogP contribution in [0.4, 0.5) is 5.82 Å². The molecule has 1 N–H and O–H groups in total. The molecular weight excluding hydrogens is 290 g/mol. The third-order valence-electron chi connectivity index (χ3n) is 3.68. The summed E-state index contributed by atoms with van der Waals surface area (Å²) in [6.45, 7) is 14.8. The Morgan fingerprint density at radius 2 is 1.96 bits per heavy atom. The molecule has 0 aliphatic heterocycles. The fourth-order valence-electron chi connectivity index (χ4n) is 2.11. The Morgan fingerprint density at radius 3 is 2.43 bits per heavy atom. The average Bonchev–Trinajstić information content (AvgIpc) is 2.56. The quantitative estimate of drug-likeness (QED) is 0.617. The highest BCUT2D eigenvalue weighted by Crippen LogP contribution is 2.18. The van der Waals surface area contributed by atoms with E-state index >= 15 is 0 Å². The summed E-state index contributed by atoms with van der Waals surface area (Å²) >= 11 is 0. The van der Waals surface area contributed by atoms with Crippen LogP contribution in [0.25, 0.3) is 0 Å². The second kappa shape index (κ2) is 11.7. The van der Waals surface area contributed by atoms with Gasteiger partial charge in [-0.3, -0.25) is 0 Å². The van der Waals surface area contributed by atoms with Crippen molar-refractivity contribution in [2.75, 3.05) is 25.0 Å². The molecule has 0 saturated carbocycles. The van der Waals surface area contributed by atoms with Gasteiger partial charge in [-0.05, 0) is 41.0 Å². The Labute approximate surface area is 140 Å². The molecule has 130 valence electrons. The number of aliphatic imine (C=N–C) groups is 1. The summed E-state index contributed by atoms with van der Waals surface area (Å²) in [6.07, 6.45) is 4.37. The predicted octanol–water partition coefficient (Wildman–Crippen LogP) is 2.65. The van der Waals surface area contributed by atoms with E-state index in [2.05, 4.69) is 59.8 Å². The first-order valence-corrected chi connectivity index (χ1v) is 8.17. The number of carbonyl (C=O) groups excluding carboxylic acids is 1. The Balaban J connectivity index is 0.00000108. The van der Waals surface area contributed by atoms with Gasteiger partial charge in [0.1, 0.15) is 11.6 Å². The molecule has 0 bridgehead atoms. The number of aromatic nitrogens is 2. The van der Waals surface area contributed by atoms with Crippen LogP contribution in [-0.4, -0.2) is 48.3 Å². The molecule has 1 rings (SSSR count). The van der Waals surface area contributed by atoms with Crippen LogP contribution in [0, 0.1) is 13.8 Å². The van der Waals surface area contributed by atoms with Gasteiger partial charge in [-0.1, -0.05) is 6.92 Å². The van der Waals surface area contributed by atoms with Crippen LogP contribution in [0.3, 0.4) is 0 Å². The van der Waals surface area contributed by atoms with Crippen LogP contribution in [-0.2, 0) is 4.79 Å². The molecule has 0 aliphatic carbocycles. The van der Waals surface area contributed by atoms with E-state index in [4.69, 9.17) is 4.79 Å². The molecule has 0 fully saturated rings. The molecule has 0 amide bonds. The SMILES string of the molecule is CCC(C)NCC(C)N(CC)c1nc(C)ncc1C.CN=C=O. The fourth-order valence-corrected chi connectivity index (χ4v) is 2.11. The summed E-state index contributed by atoms with van der Waals surface area (Å²) in [6, 6.07) is 0.987. The minimum absolute atomic E-state index is 0.423. The van der Waals surface area contributed by atoms with Crippen LogP contribution in [0.15, 0.2) is 11.2 Å². The van der Waals surface area contributed by atoms with E-state index in [0.29, 0.717) is 12.1 Å². The van der Waals surface area contributed by atoms with Crippen molar-refractivity contribution in [1.82, 2.24) is 15.3 Å². The first kappa shape index (κ1) is 21.2. The van der Waals surface area contributed by atoms with Gasteiger partial charge in [-0.15, -0.1) is 0 Å². The lowest BCUT2D eigenvalue weighted by atomic mass is 10.2. The number of anilines is 1. The molecule has 2 unspecified atom stereocenters. The highest BCUT2D eigenvalue weighted by Gasteiger charge is 2.17. The van der Waals surface area contributed by atoms with Crippen molar-refractivity contribution in [2.24, 2.45) is 4.99 Å². The minimum Gasteiger partial charge on any atom is -0.353 e. The molecule has 0 aliphatic rings. The van der Waals surface area contributed by atoms with Gasteiger partial charge in [0.05, 0.1) is 0 Å². The lowest BCUT2D eigenvalue weighted by molar-refractivity contribution is 0.488. The van der Waals surface area contributed by atoms with E-state index in [1.807, 2.05) is 13.1 Å². The van der Waals surface area contributed by atoms with Crippen molar-refractivity contribution < 1.29 is 4.79 Å². The highest BCUT2D eigenvalue weighted by atomic mass is 16.1. The fraction of sp³-hybridized carbons (Fsp3) is 0.706. The van der Waals surface area contributed by atoms with E-state index in [1.54, 1.807) is 0 Å². The van der Waals surface area contributed by atoms with Crippen LogP contribution in [0.2, 0.25) is 0 Å². The number of nitrogens with one attached hydrogen (secondary N) is 1. The van der Waals surface area contributed by atoms with Gasteiger partial charge in [0.25, 0.3) is 0 Å². The summed E-state index contributed by atoms with van der Waals surface area (Å²) < 4.78 is 0. The number of likely N-dealkylation sites (N-methyl/N-ethyl adjacent to an activating group) is 1. The van der Waals surface area contributed by atoms with Gasteiger partial charge < -0.3 is 10.2 Å². The summed E-state index contributed by atoms with van der Waals surface area (Å²) in [5.41, 5.74) is 1.14. The Kier molecular flexibility index (Phi) is 10.8. The van der Waals surface area contributed by atoms with Crippen LogP contribution < -0.4 is 10.2 Å². The molecule has 6 heteroatoms. The molecule has 1 aromatic rings. The van der Waals surface area contributed by atoms with Crippen molar-refractivity contribution in [3.8, 4) is 0 Å². The van der Waals surface area contributed by atoms with Gasteiger partial charge in [0.15, 0.2) is 0 Å². The topological polar surface area (TPSA) is 70.5 Å². The summed E-state index contributed by atoms with van der Waals surface area (Å²) in [5.74, 6) is 1.90. The monoisotopic (exact) mass is 321 g/mol. The maximum Gasteiger partial charge on any atom is 0.234 e. The molecule has 2 atom stereocenters. The van der Waals surface area contributed by atoms with Gasteiger partial charge in [0, 0.05) is 44.0 Å². The van der Waals surface area contributed by atoms with Crippen molar-refractivity contribution in [3.63, 3.8) is 0 Å². The largest absolute Gasteiger partial charge is 0.353 e. The van der Waals surface area contributed by atoms with Crippen LogP contribution >= 0.6 is 0 Å². The van der Waals surface area contributed by atoms with E-state index in [-0.39, 0.29) is 0 Å². The second-order valence-corrected chi connectivity index (χ2v) is 5.59. The standard InChI is InChI=1S/C15H28N4.C2H3NO/c1-7-12(4)16-10-13(5)19(8-2)15-11(3)9-17-14(6)18-15;1-3-2-4/h9,12-13,16H,7-8,10H2,1-6H3;1H3. The molecule has 23 heavy (non-hydrogen) atoms. The Bertz CT molecular complexity index is 500. The number of nitrogens with zero attached hydrogens (tertiary/aromatic N) is 4.